The van der Waals surface area contributed by atoms with Gasteiger partial charge in [0.1, 0.15) is 12.4 Å². The van der Waals surface area contributed by atoms with Gasteiger partial charge in [-0.25, -0.2) is 0 Å². The third kappa shape index (κ3) is 4.39. The first kappa shape index (κ1) is 15.2. The van der Waals surface area contributed by atoms with Crippen molar-refractivity contribution in [1.29, 1.82) is 0 Å². The van der Waals surface area contributed by atoms with Gasteiger partial charge in [-0.15, -0.1) is 0 Å². The number of carbonyl (C=O) groups excluding carboxylic acids is 1. The van der Waals surface area contributed by atoms with Crippen molar-refractivity contribution in [3.05, 3.63) is 58.6 Å². The fourth-order valence-corrected chi connectivity index (χ4v) is 1.99. The zero-order valence-electron chi connectivity index (χ0n) is 11.7. The SMILES string of the molecule is Cc1cccc(OCCNC(=O)c2ccc(N)c(Cl)c2)c1. The first-order chi connectivity index (χ1) is 10.1. The molecule has 0 bridgehead atoms. The van der Waals surface area contributed by atoms with Crippen molar-refractivity contribution in [2.45, 2.75) is 6.92 Å². The van der Waals surface area contributed by atoms with Gasteiger partial charge in [-0.2, -0.15) is 0 Å². The lowest BCUT2D eigenvalue weighted by Crippen LogP contribution is -2.28. The lowest BCUT2D eigenvalue weighted by atomic mass is 10.2. The van der Waals surface area contributed by atoms with Crippen LogP contribution in [0.5, 0.6) is 5.75 Å². The third-order valence-electron chi connectivity index (χ3n) is 2.91. The Morgan fingerprint density at radius 3 is 2.81 bits per heavy atom. The minimum absolute atomic E-state index is 0.204. The van der Waals surface area contributed by atoms with Crippen molar-refractivity contribution >= 4 is 23.2 Å². The van der Waals surface area contributed by atoms with Gasteiger partial charge in [0.2, 0.25) is 0 Å². The summed E-state index contributed by atoms with van der Waals surface area (Å²) < 4.78 is 5.56. The number of hydrogen-bond donors (Lipinski definition) is 2. The van der Waals surface area contributed by atoms with Crippen LogP contribution in [-0.4, -0.2) is 19.1 Å². The average molecular weight is 305 g/mol. The number of nitrogens with one attached hydrogen (secondary N) is 1. The van der Waals surface area contributed by atoms with Gasteiger partial charge in [-0.3, -0.25) is 4.79 Å². The molecule has 0 spiro atoms. The van der Waals surface area contributed by atoms with E-state index in [1.807, 2.05) is 31.2 Å². The second-order valence-electron chi connectivity index (χ2n) is 4.66. The van der Waals surface area contributed by atoms with E-state index >= 15 is 0 Å². The Hall–Kier alpha value is -2.20. The molecule has 3 N–H and O–H groups in total. The van der Waals surface area contributed by atoms with Gasteiger partial charge in [0.05, 0.1) is 17.3 Å². The summed E-state index contributed by atoms with van der Waals surface area (Å²) >= 11 is 5.88. The Morgan fingerprint density at radius 2 is 2.10 bits per heavy atom. The van der Waals surface area contributed by atoms with E-state index in [0.29, 0.717) is 29.4 Å². The molecule has 0 saturated carbocycles. The normalized spacial score (nSPS) is 10.2. The molecule has 1 amide bonds. The molecule has 0 atom stereocenters. The Bertz CT molecular complexity index is 644. The molecular weight excluding hydrogens is 288 g/mol. The highest BCUT2D eigenvalue weighted by Crippen LogP contribution is 2.19. The largest absolute Gasteiger partial charge is 0.492 e. The Balaban J connectivity index is 1.80. The van der Waals surface area contributed by atoms with Crippen LogP contribution in [0, 0.1) is 6.92 Å². The monoisotopic (exact) mass is 304 g/mol. The summed E-state index contributed by atoms with van der Waals surface area (Å²) in [5.74, 6) is 0.588. The molecule has 2 rings (SSSR count). The van der Waals surface area contributed by atoms with Gasteiger partial charge < -0.3 is 15.8 Å². The smallest absolute Gasteiger partial charge is 0.251 e. The van der Waals surface area contributed by atoms with Crippen molar-refractivity contribution in [1.82, 2.24) is 5.32 Å². The van der Waals surface area contributed by atoms with Gasteiger partial charge in [0.15, 0.2) is 0 Å². The Morgan fingerprint density at radius 1 is 1.29 bits per heavy atom. The highest BCUT2D eigenvalue weighted by molar-refractivity contribution is 6.33. The van der Waals surface area contributed by atoms with Crippen LogP contribution < -0.4 is 15.8 Å². The van der Waals surface area contributed by atoms with Crippen LogP contribution in [0.2, 0.25) is 5.02 Å². The molecule has 0 aromatic heterocycles. The van der Waals surface area contributed by atoms with Gasteiger partial charge >= 0.3 is 0 Å². The zero-order chi connectivity index (χ0) is 15.2. The second kappa shape index (κ2) is 6.99. The summed E-state index contributed by atoms with van der Waals surface area (Å²) in [6, 6.07) is 12.6. The summed E-state index contributed by atoms with van der Waals surface area (Å²) in [5, 5.41) is 3.14. The molecule has 0 unspecified atom stereocenters. The maximum atomic E-state index is 11.9. The van der Waals surface area contributed by atoms with Crippen LogP contribution in [0.4, 0.5) is 5.69 Å². The van der Waals surface area contributed by atoms with Gasteiger partial charge in [-0.1, -0.05) is 23.7 Å². The summed E-state index contributed by atoms with van der Waals surface area (Å²) in [5.41, 5.74) is 7.67. The molecule has 0 aliphatic heterocycles. The molecule has 0 saturated heterocycles. The van der Waals surface area contributed by atoms with Gasteiger partial charge in [0.25, 0.3) is 5.91 Å². The number of ether oxygens (including phenoxy) is 1. The fraction of sp³-hybridized carbons (Fsp3) is 0.188. The molecule has 2 aromatic rings. The van der Waals surface area contributed by atoms with Crippen molar-refractivity contribution in [2.75, 3.05) is 18.9 Å². The topological polar surface area (TPSA) is 64.3 Å². The quantitative estimate of drug-likeness (QED) is 0.659. The zero-order valence-corrected chi connectivity index (χ0v) is 12.5. The Labute approximate surface area is 128 Å². The lowest BCUT2D eigenvalue weighted by molar-refractivity contribution is 0.0947. The molecule has 0 radical (unpaired) electrons. The van der Waals surface area contributed by atoms with Crippen molar-refractivity contribution in [3.63, 3.8) is 0 Å². The maximum absolute atomic E-state index is 11.9. The number of halogens is 1. The van der Waals surface area contributed by atoms with Crippen LogP contribution in [-0.2, 0) is 0 Å². The van der Waals surface area contributed by atoms with Gasteiger partial charge in [0, 0.05) is 5.56 Å². The van der Waals surface area contributed by atoms with E-state index in [4.69, 9.17) is 22.1 Å². The Kier molecular flexibility index (Phi) is 5.06. The number of hydrogen-bond acceptors (Lipinski definition) is 3. The standard InChI is InChI=1S/C16H17ClN2O2/c1-11-3-2-4-13(9-11)21-8-7-19-16(20)12-5-6-15(18)14(17)10-12/h2-6,9-10H,7-8,18H2,1H3,(H,19,20). The molecule has 4 nitrogen and oxygen atoms in total. The lowest BCUT2D eigenvalue weighted by Gasteiger charge is -2.09. The predicted octanol–water partition coefficient (Wildman–Crippen LogP) is 3.04. The minimum atomic E-state index is -0.204. The van der Waals surface area contributed by atoms with Crippen molar-refractivity contribution in [3.8, 4) is 5.75 Å². The number of nitrogens with two attached hydrogens (primary N) is 1. The van der Waals surface area contributed by atoms with Crippen LogP contribution >= 0.6 is 11.6 Å². The summed E-state index contributed by atoms with van der Waals surface area (Å²) in [6.07, 6.45) is 0. The number of carbonyl (C=O) groups is 1. The molecule has 110 valence electrons. The summed E-state index contributed by atoms with van der Waals surface area (Å²) in [4.78, 5) is 11.9. The molecular formula is C16H17ClN2O2. The number of nitrogen functional groups attached to an aromatic ring is 1. The number of anilines is 1. The second-order valence-corrected chi connectivity index (χ2v) is 5.06. The number of amides is 1. The van der Waals surface area contributed by atoms with E-state index in [9.17, 15) is 4.79 Å². The van der Waals surface area contributed by atoms with Crippen LogP contribution in [0.1, 0.15) is 15.9 Å². The number of benzene rings is 2. The summed E-state index contributed by atoms with van der Waals surface area (Å²) in [6.45, 7) is 2.81. The molecule has 5 heteroatoms. The van der Waals surface area contributed by atoms with E-state index in [1.54, 1.807) is 18.2 Å². The van der Waals surface area contributed by atoms with Crippen LogP contribution in [0.3, 0.4) is 0 Å². The highest BCUT2D eigenvalue weighted by atomic mass is 35.5. The minimum Gasteiger partial charge on any atom is -0.492 e. The van der Waals surface area contributed by atoms with E-state index in [1.165, 1.54) is 0 Å². The number of aryl methyl sites for hydroxylation is 1. The van der Waals surface area contributed by atoms with Gasteiger partial charge in [-0.05, 0) is 42.8 Å². The van der Waals surface area contributed by atoms with E-state index in [-0.39, 0.29) is 5.91 Å². The van der Waals surface area contributed by atoms with Crippen LogP contribution in [0.25, 0.3) is 0 Å². The first-order valence-electron chi connectivity index (χ1n) is 6.59. The third-order valence-corrected chi connectivity index (χ3v) is 3.24. The average Bonchev–Trinajstić information content (AvgIpc) is 2.46. The molecule has 0 aliphatic carbocycles. The molecule has 2 aromatic carbocycles. The summed E-state index contributed by atoms with van der Waals surface area (Å²) in [7, 11) is 0. The molecule has 0 heterocycles. The molecule has 0 aliphatic rings. The fourth-order valence-electron chi connectivity index (χ4n) is 1.81. The van der Waals surface area contributed by atoms with E-state index in [2.05, 4.69) is 5.32 Å². The highest BCUT2D eigenvalue weighted by Gasteiger charge is 2.07. The van der Waals surface area contributed by atoms with Crippen molar-refractivity contribution in [2.24, 2.45) is 0 Å². The predicted molar refractivity (Wildman–Crippen MR) is 84.9 cm³/mol. The van der Waals surface area contributed by atoms with Crippen molar-refractivity contribution < 1.29 is 9.53 Å². The van der Waals surface area contributed by atoms with E-state index < -0.39 is 0 Å². The first-order valence-corrected chi connectivity index (χ1v) is 6.97. The number of rotatable bonds is 5. The van der Waals surface area contributed by atoms with E-state index in [0.717, 1.165) is 11.3 Å². The van der Waals surface area contributed by atoms with Crippen LogP contribution in [0.15, 0.2) is 42.5 Å². The molecule has 21 heavy (non-hydrogen) atoms. The molecule has 0 fully saturated rings. The maximum Gasteiger partial charge on any atom is 0.251 e.